The zero-order valence-corrected chi connectivity index (χ0v) is 17.6. The van der Waals surface area contributed by atoms with Gasteiger partial charge in [-0.2, -0.15) is 17.8 Å². The van der Waals surface area contributed by atoms with E-state index in [9.17, 15) is 8.42 Å². The van der Waals surface area contributed by atoms with Crippen LogP contribution in [0.3, 0.4) is 0 Å². The van der Waals surface area contributed by atoms with E-state index >= 15 is 0 Å². The van der Waals surface area contributed by atoms with Gasteiger partial charge in [0.15, 0.2) is 0 Å². The number of morpholine rings is 1. The molecule has 9 heteroatoms. The Bertz CT molecular complexity index is 1020. The lowest BCUT2D eigenvalue weighted by atomic mass is 9.91. The van der Waals surface area contributed by atoms with Gasteiger partial charge in [-0.25, -0.2) is 9.73 Å². The monoisotopic (exact) mass is 427 g/mol. The zero-order valence-electron chi connectivity index (χ0n) is 16.8. The number of nitrogens with zero attached hydrogens (tertiary/aromatic N) is 4. The van der Waals surface area contributed by atoms with Crippen LogP contribution in [0.4, 0.5) is 0 Å². The molecule has 0 saturated carbocycles. The lowest BCUT2D eigenvalue weighted by Gasteiger charge is -2.27. The normalized spacial score (nSPS) is 20.8. The van der Waals surface area contributed by atoms with Crippen molar-refractivity contribution in [1.29, 1.82) is 0 Å². The summed E-state index contributed by atoms with van der Waals surface area (Å²) in [5.41, 5.74) is 3.00. The standard InChI is InChI=1S/C21H25N5O3S/c1-22-21(24-30(27,28)25-12-14-29-15-13-25)26-16-19(17-8-4-2-5-9-17)20(23-26)18-10-6-3-7-11-18/h2-11,19H,12-16H2,1H3,(H,22,24). The van der Waals surface area contributed by atoms with Gasteiger partial charge in [0.1, 0.15) is 0 Å². The maximum absolute atomic E-state index is 12.8. The molecule has 1 unspecified atom stereocenters. The van der Waals surface area contributed by atoms with Gasteiger partial charge in [0.05, 0.1) is 25.5 Å². The Morgan fingerprint density at radius 2 is 1.70 bits per heavy atom. The van der Waals surface area contributed by atoms with E-state index in [1.165, 1.54) is 4.31 Å². The number of hydrogen-bond acceptors (Lipinski definition) is 5. The topological polar surface area (TPSA) is 86.6 Å². The van der Waals surface area contributed by atoms with Gasteiger partial charge in [-0.15, -0.1) is 0 Å². The molecule has 0 aliphatic carbocycles. The molecule has 30 heavy (non-hydrogen) atoms. The van der Waals surface area contributed by atoms with Gasteiger partial charge in [-0.3, -0.25) is 4.99 Å². The number of aliphatic imine (C=N–C) groups is 1. The second kappa shape index (κ2) is 8.95. The molecule has 1 saturated heterocycles. The third kappa shape index (κ3) is 4.38. The SMILES string of the molecule is CN=C(NS(=O)(=O)N1CCOCC1)N1CC(c2ccccc2)C(c2ccccc2)=N1. The van der Waals surface area contributed by atoms with Gasteiger partial charge < -0.3 is 4.74 Å². The number of guanidine groups is 1. The lowest BCUT2D eigenvalue weighted by molar-refractivity contribution is 0.0727. The van der Waals surface area contributed by atoms with Gasteiger partial charge in [-0.1, -0.05) is 60.7 Å². The Kier molecular flexibility index (Phi) is 6.12. The Labute approximate surface area is 177 Å². The number of hydrogen-bond donors (Lipinski definition) is 1. The van der Waals surface area contributed by atoms with E-state index in [0.717, 1.165) is 16.8 Å². The minimum Gasteiger partial charge on any atom is -0.379 e. The van der Waals surface area contributed by atoms with Gasteiger partial charge in [0.25, 0.3) is 0 Å². The minimum atomic E-state index is -3.73. The predicted octanol–water partition coefficient (Wildman–Crippen LogP) is 1.64. The van der Waals surface area contributed by atoms with Crippen molar-refractivity contribution in [3.63, 3.8) is 0 Å². The number of rotatable bonds is 4. The molecule has 2 aromatic carbocycles. The fourth-order valence-electron chi connectivity index (χ4n) is 3.63. The van der Waals surface area contributed by atoms with Crippen LogP contribution in [-0.4, -0.2) is 69.3 Å². The highest BCUT2D eigenvalue weighted by Crippen LogP contribution is 2.28. The van der Waals surface area contributed by atoms with Crippen molar-refractivity contribution in [1.82, 2.24) is 14.0 Å². The first-order valence-corrected chi connectivity index (χ1v) is 11.3. The summed E-state index contributed by atoms with van der Waals surface area (Å²) in [5, 5.41) is 6.40. The fourth-order valence-corrected chi connectivity index (χ4v) is 4.82. The van der Waals surface area contributed by atoms with E-state index in [4.69, 9.17) is 9.84 Å². The molecule has 2 aromatic rings. The van der Waals surface area contributed by atoms with Crippen LogP contribution in [0.5, 0.6) is 0 Å². The van der Waals surface area contributed by atoms with Crippen LogP contribution in [0.1, 0.15) is 17.0 Å². The van der Waals surface area contributed by atoms with Crippen molar-refractivity contribution in [3.8, 4) is 0 Å². The third-order valence-electron chi connectivity index (χ3n) is 5.17. The van der Waals surface area contributed by atoms with E-state index in [2.05, 4.69) is 21.8 Å². The van der Waals surface area contributed by atoms with Crippen molar-refractivity contribution in [2.75, 3.05) is 39.9 Å². The summed E-state index contributed by atoms with van der Waals surface area (Å²) in [6, 6.07) is 20.0. The van der Waals surface area contributed by atoms with Crippen LogP contribution < -0.4 is 4.72 Å². The van der Waals surface area contributed by atoms with E-state index in [-0.39, 0.29) is 11.9 Å². The van der Waals surface area contributed by atoms with Crippen LogP contribution in [0, 0.1) is 0 Å². The first-order chi connectivity index (χ1) is 14.6. The fraction of sp³-hybridized carbons (Fsp3) is 0.333. The zero-order chi connectivity index (χ0) is 21.0. The Morgan fingerprint density at radius 1 is 1.07 bits per heavy atom. The highest BCUT2D eigenvalue weighted by Gasteiger charge is 2.34. The number of hydrazone groups is 1. The summed E-state index contributed by atoms with van der Waals surface area (Å²) in [6.07, 6.45) is 0. The average molecular weight is 428 g/mol. The summed E-state index contributed by atoms with van der Waals surface area (Å²) in [4.78, 5) is 4.19. The molecule has 0 aromatic heterocycles. The van der Waals surface area contributed by atoms with Gasteiger partial charge in [-0.05, 0) is 11.1 Å². The summed E-state index contributed by atoms with van der Waals surface area (Å²) >= 11 is 0. The van der Waals surface area contributed by atoms with Gasteiger partial charge in [0, 0.05) is 26.1 Å². The first kappa shape index (κ1) is 20.5. The van der Waals surface area contributed by atoms with Crippen molar-refractivity contribution in [3.05, 3.63) is 71.8 Å². The van der Waals surface area contributed by atoms with Gasteiger partial charge >= 0.3 is 10.2 Å². The Balaban J connectivity index is 1.62. The number of nitrogens with one attached hydrogen (secondary N) is 1. The van der Waals surface area contributed by atoms with Crippen LogP contribution in [0.15, 0.2) is 70.8 Å². The highest BCUT2D eigenvalue weighted by molar-refractivity contribution is 7.87. The van der Waals surface area contributed by atoms with Crippen molar-refractivity contribution in [2.24, 2.45) is 10.1 Å². The van der Waals surface area contributed by atoms with Crippen LogP contribution in [-0.2, 0) is 14.9 Å². The molecule has 158 valence electrons. The number of benzene rings is 2. The molecular formula is C21H25N5O3S. The molecule has 0 amide bonds. The highest BCUT2D eigenvalue weighted by atomic mass is 32.2. The minimum absolute atomic E-state index is 0.00163. The molecular weight excluding hydrogens is 402 g/mol. The molecule has 1 N–H and O–H groups in total. The average Bonchev–Trinajstić information content (AvgIpc) is 3.25. The smallest absolute Gasteiger partial charge is 0.304 e. The van der Waals surface area contributed by atoms with E-state index in [1.807, 2.05) is 48.5 Å². The number of ether oxygens (including phenoxy) is 1. The van der Waals surface area contributed by atoms with Crippen LogP contribution in [0.2, 0.25) is 0 Å². The van der Waals surface area contributed by atoms with Crippen molar-refractivity contribution < 1.29 is 13.2 Å². The first-order valence-electron chi connectivity index (χ1n) is 9.87. The lowest BCUT2D eigenvalue weighted by Crippen LogP contribution is -2.51. The summed E-state index contributed by atoms with van der Waals surface area (Å²) in [5.74, 6) is 0.201. The molecule has 1 atom stereocenters. The van der Waals surface area contributed by atoms with E-state index in [0.29, 0.717) is 32.8 Å². The summed E-state index contributed by atoms with van der Waals surface area (Å²) < 4.78 is 34.9. The molecule has 1 fully saturated rings. The summed E-state index contributed by atoms with van der Waals surface area (Å²) in [6.45, 7) is 1.90. The second-order valence-electron chi connectivity index (χ2n) is 7.06. The second-order valence-corrected chi connectivity index (χ2v) is 8.73. The maximum Gasteiger partial charge on any atom is 0.304 e. The Hall–Kier alpha value is -2.75. The maximum atomic E-state index is 12.8. The molecule has 0 spiro atoms. The van der Waals surface area contributed by atoms with E-state index in [1.54, 1.807) is 12.1 Å². The Morgan fingerprint density at radius 3 is 2.33 bits per heavy atom. The predicted molar refractivity (Wildman–Crippen MR) is 117 cm³/mol. The van der Waals surface area contributed by atoms with Gasteiger partial charge in [0.2, 0.25) is 5.96 Å². The van der Waals surface area contributed by atoms with Crippen molar-refractivity contribution >= 4 is 21.9 Å². The molecule has 0 bridgehead atoms. The molecule has 2 aliphatic heterocycles. The van der Waals surface area contributed by atoms with Crippen molar-refractivity contribution in [2.45, 2.75) is 5.92 Å². The molecule has 4 rings (SSSR count). The largest absolute Gasteiger partial charge is 0.379 e. The van der Waals surface area contributed by atoms with Crippen LogP contribution >= 0.6 is 0 Å². The summed E-state index contributed by atoms with van der Waals surface area (Å²) in [7, 11) is -2.17. The quantitative estimate of drug-likeness (QED) is 0.594. The molecule has 8 nitrogen and oxygen atoms in total. The van der Waals surface area contributed by atoms with Crippen LogP contribution in [0.25, 0.3) is 0 Å². The molecule has 0 radical (unpaired) electrons. The molecule has 2 heterocycles. The van der Waals surface area contributed by atoms with E-state index < -0.39 is 10.2 Å². The third-order valence-corrected chi connectivity index (χ3v) is 6.66. The molecule has 2 aliphatic rings.